The van der Waals surface area contributed by atoms with Gasteiger partial charge in [0.15, 0.2) is 0 Å². The molecule has 0 aliphatic carbocycles. The lowest BCUT2D eigenvalue weighted by atomic mass is 9.88. The van der Waals surface area contributed by atoms with Gasteiger partial charge in [0.1, 0.15) is 6.61 Å². The molecule has 5 heteroatoms. The summed E-state index contributed by atoms with van der Waals surface area (Å²) >= 11 is 0. The number of benzene rings is 1. The molecule has 0 N–H and O–H groups in total. The zero-order valence-electron chi connectivity index (χ0n) is 15.2. The summed E-state index contributed by atoms with van der Waals surface area (Å²) in [6, 6.07) is 9.62. The Labute approximate surface area is 149 Å². The van der Waals surface area contributed by atoms with Gasteiger partial charge in [-0.3, -0.25) is 9.69 Å². The Bertz CT molecular complexity index is 611. The highest BCUT2D eigenvalue weighted by molar-refractivity contribution is 5.77. The van der Waals surface area contributed by atoms with Gasteiger partial charge in [-0.25, -0.2) is 4.79 Å². The van der Waals surface area contributed by atoms with E-state index in [2.05, 4.69) is 13.0 Å². The number of carbonyl (C=O) groups is 2. The first kappa shape index (κ1) is 19.0. The van der Waals surface area contributed by atoms with Crippen LogP contribution in [0.1, 0.15) is 38.7 Å². The molecule has 5 nitrogen and oxygen atoms in total. The third-order valence-corrected chi connectivity index (χ3v) is 4.53. The van der Waals surface area contributed by atoms with Crippen LogP contribution in [0.15, 0.2) is 35.9 Å². The quantitative estimate of drug-likeness (QED) is 0.671. The molecule has 1 saturated heterocycles. The van der Waals surface area contributed by atoms with E-state index in [1.807, 2.05) is 37.3 Å². The number of hydrogen-bond donors (Lipinski definition) is 0. The minimum atomic E-state index is -0.456. The van der Waals surface area contributed by atoms with Crippen molar-refractivity contribution in [3.63, 3.8) is 0 Å². The summed E-state index contributed by atoms with van der Waals surface area (Å²) in [6.07, 6.45) is 4.57. The maximum Gasteiger partial charge on any atom is 0.410 e. The highest BCUT2D eigenvalue weighted by atomic mass is 16.6. The van der Waals surface area contributed by atoms with Crippen molar-refractivity contribution in [1.82, 2.24) is 4.90 Å². The number of cyclic esters (lactones) is 1. The van der Waals surface area contributed by atoms with Crippen LogP contribution in [0.5, 0.6) is 0 Å². The van der Waals surface area contributed by atoms with Crippen LogP contribution in [0.25, 0.3) is 6.08 Å². The van der Waals surface area contributed by atoms with Gasteiger partial charge in [-0.15, -0.1) is 0 Å². The largest absolute Gasteiger partial charge is 0.469 e. The molecule has 1 fully saturated rings. The number of hydrogen-bond acceptors (Lipinski definition) is 4. The number of rotatable bonds is 8. The first-order valence-electron chi connectivity index (χ1n) is 8.85. The number of ether oxygens (including phenoxy) is 2. The van der Waals surface area contributed by atoms with Gasteiger partial charge in [-0.1, -0.05) is 49.8 Å². The first-order chi connectivity index (χ1) is 12.1. The lowest BCUT2D eigenvalue weighted by Crippen LogP contribution is -2.44. The van der Waals surface area contributed by atoms with Gasteiger partial charge >= 0.3 is 12.1 Å². The van der Waals surface area contributed by atoms with E-state index in [1.165, 1.54) is 7.11 Å². The molecule has 1 amide bonds. The summed E-state index contributed by atoms with van der Waals surface area (Å²) in [5.74, 6) is -0.775. The molecule has 1 aromatic carbocycles. The SMILES string of the molecule is CCCC/C(=C\c1ccccc1)C(C(C)C(=O)OC)N1CCOC1=O. The Hall–Kier alpha value is -2.30. The molecule has 0 radical (unpaired) electrons. The van der Waals surface area contributed by atoms with E-state index in [-0.39, 0.29) is 18.1 Å². The number of esters is 1. The maximum atomic E-state index is 12.2. The molecule has 2 rings (SSSR count). The number of carbonyl (C=O) groups excluding carboxylic acids is 2. The lowest BCUT2D eigenvalue weighted by molar-refractivity contribution is -0.146. The number of nitrogens with zero attached hydrogens (tertiary/aromatic N) is 1. The molecule has 2 unspecified atom stereocenters. The molecule has 1 aromatic rings. The van der Waals surface area contributed by atoms with E-state index >= 15 is 0 Å². The van der Waals surface area contributed by atoms with Crippen LogP contribution in [-0.4, -0.2) is 43.3 Å². The van der Waals surface area contributed by atoms with Gasteiger partial charge in [0.25, 0.3) is 0 Å². The Morgan fingerprint density at radius 3 is 2.64 bits per heavy atom. The predicted molar refractivity (Wildman–Crippen MR) is 97.0 cm³/mol. The zero-order chi connectivity index (χ0) is 18.2. The average molecular weight is 345 g/mol. The first-order valence-corrected chi connectivity index (χ1v) is 8.85. The van der Waals surface area contributed by atoms with Gasteiger partial charge in [-0.05, 0) is 30.9 Å². The lowest BCUT2D eigenvalue weighted by Gasteiger charge is -2.32. The molecule has 136 valence electrons. The minimum Gasteiger partial charge on any atom is -0.469 e. The van der Waals surface area contributed by atoms with Crippen LogP contribution in [0.4, 0.5) is 4.79 Å². The Kier molecular flexibility index (Phi) is 7.04. The topological polar surface area (TPSA) is 55.8 Å². The fourth-order valence-electron chi connectivity index (χ4n) is 3.21. The molecule has 0 spiro atoms. The zero-order valence-corrected chi connectivity index (χ0v) is 15.2. The van der Waals surface area contributed by atoms with E-state index in [9.17, 15) is 9.59 Å². The van der Waals surface area contributed by atoms with Crippen molar-refractivity contribution in [2.75, 3.05) is 20.3 Å². The van der Waals surface area contributed by atoms with Crippen LogP contribution < -0.4 is 0 Å². The fourth-order valence-corrected chi connectivity index (χ4v) is 3.21. The second-order valence-corrected chi connectivity index (χ2v) is 6.30. The normalized spacial score (nSPS) is 17.2. The van der Waals surface area contributed by atoms with Crippen LogP contribution in [0.2, 0.25) is 0 Å². The van der Waals surface area contributed by atoms with Gasteiger partial charge in [-0.2, -0.15) is 0 Å². The van der Waals surface area contributed by atoms with E-state index in [4.69, 9.17) is 9.47 Å². The van der Waals surface area contributed by atoms with Crippen molar-refractivity contribution in [3.8, 4) is 0 Å². The second kappa shape index (κ2) is 9.25. The van der Waals surface area contributed by atoms with Crippen LogP contribution in [-0.2, 0) is 14.3 Å². The molecule has 1 aliphatic rings. The van der Waals surface area contributed by atoms with Crippen molar-refractivity contribution in [2.45, 2.75) is 39.2 Å². The Morgan fingerprint density at radius 2 is 2.08 bits per heavy atom. The van der Waals surface area contributed by atoms with Gasteiger partial charge in [0.05, 0.1) is 25.6 Å². The summed E-state index contributed by atoms with van der Waals surface area (Å²) in [7, 11) is 1.38. The molecule has 0 bridgehead atoms. The maximum absolute atomic E-state index is 12.2. The highest BCUT2D eigenvalue weighted by Crippen LogP contribution is 2.29. The molecule has 0 saturated carbocycles. The van der Waals surface area contributed by atoms with Crippen LogP contribution in [0, 0.1) is 5.92 Å². The smallest absolute Gasteiger partial charge is 0.410 e. The summed E-state index contributed by atoms with van der Waals surface area (Å²) < 4.78 is 10.1. The number of amides is 1. The predicted octanol–water partition coefficient (Wildman–Crippen LogP) is 3.89. The number of unbranched alkanes of at least 4 members (excludes halogenated alkanes) is 1. The molecule has 1 aliphatic heterocycles. The van der Waals surface area contributed by atoms with Crippen LogP contribution >= 0.6 is 0 Å². The van der Waals surface area contributed by atoms with Gasteiger partial charge < -0.3 is 9.47 Å². The standard InChI is InChI=1S/C20H27NO4/c1-4-5-11-17(14-16-9-7-6-8-10-16)18(15(2)19(22)24-3)21-12-13-25-20(21)23/h6-10,14-15,18H,4-5,11-13H2,1-3H3/b17-14+. The summed E-state index contributed by atoms with van der Waals surface area (Å²) in [6.45, 7) is 4.79. The molecular weight excluding hydrogens is 318 g/mol. The summed E-state index contributed by atoms with van der Waals surface area (Å²) in [4.78, 5) is 26.1. The van der Waals surface area contributed by atoms with Crippen molar-refractivity contribution in [1.29, 1.82) is 0 Å². The molecular formula is C20H27NO4. The Morgan fingerprint density at radius 1 is 1.36 bits per heavy atom. The summed E-state index contributed by atoms with van der Waals surface area (Å²) in [5, 5.41) is 0. The third-order valence-electron chi connectivity index (χ3n) is 4.53. The van der Waals surface area contributed by atoms with E-state index < -0.39 is 5.92 Å². The van der Waals surface area contributed by atoms with Crippen molar-refractivity contribution in [3.05, 3.63) is 41.5 Å². The van der Waals surface area contributed by atoms with Crippen molar-refractivity contribution in [2.24, 2.45) is 5.92 Å². The average Bonchev–Trinajstić information content (AvgIpc) is 3.05. The third kappa shape index (κ3) is 4.84. The second-order valence-electron chi connectivity index (χ2n) is 6.30. The van der Waals surface area contributed by atoms with Crippen molar-refractivity contribution >= 4 is 18.1 Å². The van der Waals surface area contributed by atoms with E-state index in [0.29, 0.717) is 13.2 Å². The minimum absolute atomic E-state index is 0.319. The molecule has 25 heavy (non-hydrogen) atoms. The fraction of sp³-hybridized carbons (Fsp3) is 0.500. The molecule has 1 heterocycles. The molecule has 2 atom stereocenters. The van der Waals surface area contributed by atoms with E-state index in [0.717, 1.165) is 30.4 Å². The summed E-state index contributed by atoms with van der Waals surface area (Å²) in [5.41, 5.74) is 2.12. The molecule has 0 aromatic heterocycles. The highest BCUT2D eigenvalue weighted by Gasteiger charge is 2.38. The van der Waals surface area contributed by atoms with Gasteiger partial charge in [0, 0.05) is 0 Å². The van der Waals surface area contributed by atoms with Gasteiger partial charge in [0.2, 0.25) is 0 Å². The number of methoxy groups -OCH3 is 1. The Balaban J connectivity index is 2.42. The van der Waals surface area contributed by atoms with E-state index in [1.54, 1.807) is 4.90 Å². The van der Waals surface area contributed by atoms with Crippen LogP contribution in [0.3, 0.4) is 0 Å². The van der Waals surface area contributed by atoms with Crippen molar-refractivity contribution < 1.29 is 19.1 Å². The monoisotopic (exact) mass is 345 g/mol.